The number of carboxylic acid groups (broad SMARTS) is 1. The molecule has 0 aromatic carbocycles. The van der Waals surface area contributed by atoms with E-state index < -0.39 is 36.9 Å². The fraction of sp³-hybridized carbons (Fsp3) is 0.833. The normalized spacial score (nSPS) is 16.7. The number of hydrogen-bond acceptors (Lipinski definition) is 6. The largest absolute Gasteiger partial charge is 0.479 e. The lowest BCUT2D eigenvalue weighted by Crippen LogP contribution is -2.70. The Balaban J connectivity index is 5.03. The average Bonchev–Trinajstić information content (AvgIpc) is 2.14. The third kappa shape index (κ3) is 1.79. The van der Waals surface area contributed by atoms with Gasteiger partial charge in [-0.25, -0.2) is 4.79 Å². The molecule has 7 heteroatoms. The highest BCUT2D eigenvalue weighted by atomic mass is 16.4. The van der Waals surface area contributed by atoms with Crippen LogP contribution in [-0.4, -0.2) is 62.5 Å². The maximum Gasteiger partial charge on any atom is 0.340 e. The number of hydrogen-bond donors (Lipinski definition) is 6. The Morgan fingerprint density at radius 3 is 1.62 bits per heavy atom. The second-order valence-corrected chi connectivity index (χ2v) is 2.80. The van der Waals surface area contributed by atoms with Crippen molar-refractivity contribution in [3.8, 4) is 0 Å². The molecule has 0 radical (unpaired) electrons. The number of aliphatic hydroxyl groups excluding tert-OH is 3. The number of nitrogens with two attached hydrogens (primary N) is 1. The van der Waals surface area contributed by atoms with Crippen molar-refractivity contribution in [2.75, 3.05) is 19.8 Å². The molecule has 0 fully saturated rings. The van der Waals surface area contributed by atoms with Gasteiger partial charge in [-0.1, -0.05) is 0 Å². The van der Waals surface area contributed by atoms with Gasteiger partial charge in [-0.2, -0.15) is 0 Å². The summed E-state index contributed by atoms with van der Waals surface area (Å²) in [7, 11) is 0. The summed E-state index contributed by atoms with van der Waals surface area (Å²) >= 11 is 0. The van der Waals surface area contributed by atoms with Gasteiger partial charge >= 0.3 is 5.97 Å². The molecule has 0 aromatic rings. The van der Waals surface area contributed by atoms with Crippen LogP contribution in [0.2, 0.25) is 0 Å². The van der Waals surface area contributed by atoms with Gasteiger partial charge in [0.25, 0.3) is 0 Å². The molecule has 0 aliphatic heterocycles. The maximum absolute atomic E-state index is 10.5. The highest BCUT2D eigenvalue weighted by molar-refractivity contribution is 5.79. The van der Waals surface area contributed by atoms with Crippen LogP contribution in [0, 0.1) is 0 Å². The first-order valence-electron chi connectivity index (χ1n) is 3.45. The van der Waals surface area contributed by atoms with Crippen LogP contribution in [0.25, 0.3) is 0 Å². The number of rotatable bonds is 5. The van der Waals surface area contributed by atoms with Gasteiger partial charge in [-0.3, -0.25) is 0 Å². The fourth-order valence-electron chi connectivity index (χ4n) is 0.750. The van der Waals surface area contributed by atoms with Gasteiger partial charge in [0.15, 0.2) is 0 Å². The molecule has 0 aliphatic rings. The van der Waals surface area contributed by atoms with Crippen molar-refractivity contribution < 1.29 is 30.3 Å². The minimum Gasteiger partial charge on any atom is -0.479 e. The summed E-state index contributed by atoms with van der Waals surface area (Å²) in [6, 6.07) is 0. The Morgan fingerprint density at radius 2 is 1.54 bits per heavy atom. The van der Waals surface area contributed by atoms with E-state index in [1.54, 1.807) is 0 Å². The van der Waals surface area contributed by atoms with Crippen molar-refractivity contribution in [2.45, 2.75) is 11.1 Å². The Hall–Kier alpha value is -0.730. The Labute approximate surface area is 74.0 Å². The average molecular weight is 195 g/mol. The highest BCUT2D eigenvalue weighted by Crippen LogP contribution is 2.19. The zero-order valence-electron chi connectivity index (χ0n) is 6.84. The number of carboxylic acids is 1. The molecule has 0 bridgehead atoms. The lowest BCUT2D eigenvalue weighted by atomic mass is 9.82. The summed E-state index contributed by atoms with van der Waals surface area (Å²) in [5, 5.41) is 43.8. The standard InChI is InChI=1S/C6H13NO6/c7-5(1-8,2-9)6(13,3-10)4(11)12/h8-10,13H,1-3,7H2,(H,11,12). The first-order valence-corrected chi connectivity index (χ1v) is 3.45. The Kier molecular flexibility index (Phi) is 3.76. The monoisotopic (exact) mass is 195 g/mol. The van der Waals surface area contributed by atoms with Crippen LogP contribution >= 0.6 is 0 Å². The minimum atomic E-state index is -2.75. The maximum atomic E-state index is 10.5. The number of carbonyl (C=O) groups is 1. The molecule has 0 saturated carbocycles. The van der Waals surface area contributed by atoms with E-state index in [4.69, 9.17) is 26.2 Å². The molecular formula is C6H13NO6. The first kappa shape index (κ1) is 12.3. The predicted octanol–water partition coefficient (Wildman–Crippen LogP) is -3.52. The van der Waals surface area contributed by atoms with E-state index in [1.165, 1.54) is 0 Å². The van der Waals surface area contributed by atoms with E-state index in [0.29, 0.717) is 0 Å². The molecular weight excluding hydrogens is 182 g/mol. The summed E-state index contributed by atoms with van der Waals surface area (Å²) in [5.41, 5.74) is 0.269. The van der Waals surface area contributed by atoms with Gasteiger partial charge in [0.1, 0.15) is 5.54 Å². The molecule has 13 heavy (non-hydrogen) atoms. The molecule has 0 rings (SSSR count). The van der Waals surface area contributed by atoms with Crippen molar-refractivity contribution >= 4 is 5.97 Å². The van der Waals surface area contributed by atoms with Crippen molar-refractivity contribution in [3.05, 3.63) is 0 Å². The van der Waals surface area contributed by atoms with E-state index in [9.17, 15) is 9.90 Å². The van der Waals surface area contributed by atoms with Crippen LogP contribution < -0.4 is 5.73 Å². The molecule has 0 spiro atoms. The smallest absolute Gasteiger partial charge is 0.340 e. The van der Waals surface area contributed by atoms with E-state index in [2.05, 4.69) is 0 Å². The Morgan fingerprint density at radius 1 is 1.15 bits per heavy atom. The third-order valence-corrected chi connectivity index (χ3v) is 1.97. The highest BCUT2D eigenvalue weighted by Gasteiger charge is 2.53. The van der Waals surface area contributed by atoms with E-state index in [-0.39, 0.29) is 0 Å². The van der Waals surface area contributed by atoms with E-state index >= 15 is 0 Å². The van der Waals surface area contributed by atoms with Crippen molar-refractivity contribution in [2.24, 2.45) is 5.73 Å². The third-order valence-electron chi connectivity index (χ3n) is 1.97. The molecule has 1 unspecified atom stereocenters. The molecule has 0 aromatic heterocycles. The first-order chi connectivity index (χ1) is 5.88. The van der Waals surface area contributed by atoms with Crippen LogP contribution in [0.5, 0.6) is 0 Å². The minimum absolute atomic E-state index is 0.965. The van der Waals surface area contributed by atoms with E-state index in [1.807, 2.05) is 0 Å². The van der Waals surface area contributed by atoms with Crippen molar-refractivity contribution in [1.29, 1.82) is 0 Å². The van der Waals surface area contributed by atoms with Gasteiger partial charge in [-0.05, 0) is 0 Å². The Bertz CT molecular complexity index is 192. The number of aliphatic carboxylic acids is 1. The summed E-state index contributed by atoms with van der Waals surface area (Å²) < 4.78 is 0. The second kappa shape index (κ2) is 3.99. The summed E-state index contributed by atoms with van der Waals surface area (Å²) in [6.45, 7) is -3.13. The summed E-state index contributed by atoms with van der Waals surface area (Å²) in [6.07, 6.45) is 0. The van der Waals surface area contributed by atoms with Crippen LogP contribution in [0.1, 0.15) is 0 Å². The van der Waals surface area contributed by atoms with Crippen molar-refractivity contribution in [1.82, 2.24) is 0 Å². The summed E-state index contributed by atoms with van der Waals surface area (Å²) in [5.74, 6) is -1.80. The molecule has 0 heterocycles. The zero-order chi connectivity index (χ0) is 10.7. The van der Waals surface area contributed by atoms with Crippen LogP contribution in [0.15, 0.2) is 0 Å². The van der Waals surface area contributed by atoms with Gasteiger partial charge in [0.05, 0.1) is 19.8 Å². The topological polar surface area (TPSA) is 144 Å². The zero-order valence-corrected chi connectivity index (χ0v) is 6.84. The van der Waals surface area contributed by atoms with Crippen LogP contribution in [0.3, 0.4) is 0 Å². The van der Waals surface area contributed by atoms with Gasteiger partial charge in [0.2, 0.25) is 5.60 Å². The van der Waals surface area contributed by atoms with Gasteiger partial charge in [-0.15, -0.1) is 0 Å². The lowest BCUT2D eigenvalue weighted by molar-refractivity contribution is -0.179. The molecule has 7 N–H and O–H groups in total. The van der Waals surface area contributed by atoms with Crippen LogP contribution in [-0.2, 0) is 4.79 Å². The fourth-order valence-corrected chi connectivity index (χ4v) is 0.750. The van der Waals surface area contributed by atoms with Crippen LogP contribution in [0.4, 0.5) is 0 Å². The molecule has 7 nitrogen and oxygen atoms in total. The van der Waals surface area contributed by atoms with Gasteiger partial charge in [0, 0.05) is 0 Å². The lowest BCUT2D eigenvalue weighted by Gasteiger charge is -2.37. The molecule has 0 saturated heterocycles. The second-order valence-electron chi connectivity index (χ2n) is 2.80. The number of aliphatic hydroxyl groups is 4. The quantitative estimate of drug-likeness (QED) is 0.266. The van der Waals surface area contributed by atoms with E-state index in [0.717, 1.165) is 0 Å². The SMILES string of the molecule is NC(CO)(CO)C(O)(CO)C(=O)O. The predicted molar refractivity (Wildman–Crippen MR) is 40.8 cm³/mol. The molecule has 0 aliphatic carbocycles. The molecule has 0 amide bonds. The van der Waals surface area contributed by atoms with Crippen molar-refractivity contribution in [3.63, 3.8) is 0 Å². The molecule has 1 atom stereocenters. The van der Waals surface area contributed by atoms with Gasteiger partial charge < -0.3 is 31.3 Å². The summed E-state index contributed by atoms with van der Waals surface area (Å²) in [4.78, 5) is 10.5. The molecule has 78 valence electrons.